The molecule has 2 atom stereocenters. The van der Waals surface area contributed by atoms with Crippen molar-refractivity contribution >= 4 is 22.5 Å². The molecule has 136 valence electrons. The molecule has 27 heavy (non-hydrogen) atoms. The topological polar surface area (TPSA) is 36.4 Å². The molecule has 2 aliphatic rings. The smallest absolute Gasteiger partial charge is 0.277 e. The third-order valence-electron chi connectivity index (χ3n) is 5.99. The molecular formula is C23H23N3O. The number of pyridine rings is 1. The van der Waals surface area contributed by atoms with Gasteiger partial charge in [-0.2, -0.15) is 0 Å². The molecular weight excluding hydrogens is 334 g/mol. The predicted molar refractivity (Wildman–Crippen MR) is 108 cm³/mol. The minimum Gasteiger partial charge on any atom is -0.306 e. The fourth-order valence-corrected chi connectivity index (χ4v) is 4.65. The molecule has 1 amide bonds. The SMILES string of the molecule is Cc1ccc2c(c1)[C@H]1CN(C)CC[C@@H]1N2C(=O)c1ccc2ccccc2n1. The Morgan fingerprint density at radius 1 is 1.11 bits per heavy atom. The van der Waals surface area contributed by atoms with E-state index >= 15 is 0 Å². The Morgan fingerprint density at radius 2 is 1.96 bits per heavy atom. The second-order valence-electron chi connectivity index (χ2n) is 7.85. The molecule has 0 saturated carbocycles. The van der Waals surface area contributed by atoms with Crippen LogP contribution in [0, 0.1) is 6.92 Å². The van der Waals surface area contributed by atoms with Crippen molar-refractivity contribution in [3.8, 4) is 0 Å². The molecule has 1 aromatic heterocycles. The van der Waals surface area contributed by atoms with Gasteiger partial charge in [-0.1, -0.05) is 42.0 Å². The first kappa shape index (κ1) is 16.5. The molecule has 3 aromatic rings. The Bertz CT molecular complexity index is 1040. The van der Waals surface area contributed by atoms with Gasteiger partial charge >= 0.3 is 0 Å². The Balaban J connectivity index is 1.59. The fourth-order valence-electron chi connectivity index (χ4n) is 4.65. The van der Waals surface area contributed by atoms with Gasteiger partial charge in [0.1, 0.15) is 5.69 Å². The van der Waals surface area contributed by atoms with Crippen molar-refractivity contribution in [2.24, 2.45) is 0 Å². The van der Waals surface area contributed by atoms with Gasteiger partial charge in [0.25, 0.3) is 5.91 Å². The summed E-state index contributed by atoms with van der Waals surface area (Å²) >= 11 is 0. The van der Waals surface area contributed by atoms with E-state index in [4.69, 9.17) is 0 Å². The molecule has 0 N–H and O–H groups in total. The Kier molecular flexibility index (Phi) is 3.76. The number of hydrogen-bond donors (Lipinski definition) is 0. The number of hydrogen-bond acceptors (Lipinski definition) is 3. The molecule has 4 nitrogen and oxygen atoms in total. The zero-order valence-electron chi connectivity index (χ0n) is 15.7. The van der Waals surface area contributed by atoms with Gasteiger partial charge in [-0.3, -0.25) is 4.79 Å². The minimum absolute atomic E-state index is 0.0166. The van der Waals surface area contributed by atoms with Crippen LogP contribution in [0.25, 0.3) is 10.9 Å². The molecule has 2 aromatic carbocycles. The number of piperidine rings is 1. The van der Waals surface area contributed by atoms with Crippen LogP contribution in [-0.2, 0) is 0 Å². The number of carbonyl (C=O) groups is 1. The van der Waals surface area contributed by atoms with Crippen molar-refractivity contribution in [1.29, 1.82) is 0 Å². The molecule has 0 aliphatic carbocycles. The maximum Gasteiger partial charge on any atom is 0.277 e. The third-order valence-corrected chi connectivity index (χ3v) is 5.99. The zero-order valence-corrected chi connectivity index (χ0v) is 15.7. The number of benzene rings is 2. The summed E-state index contributed by atoms with van der Waals surface area (Å²) in [6, 6.07) is 18.5. The Morgan fingerprint density at radius 3 is 2.85 bits per heavy atom. The molecule has 2 aliphatic heterocycles. The third kappa shape index (κ3) is 2.63. The number of amides is 1. The van der Waals surface area contributed by atoms with Crippen LogP contribution in [0.4, 0.5) is 5.69 Å². The van der Waals surface area contributed by atoms with E-state index < -0.39 is 0 Å². The average Bonchev–Trinajstić information content (AvgIpc) is 3.00. The summed E-state index contributed by atoms with van der Waals surface area (Å²) in [6.45, 7) is 4.14. The lowest BCUT2D eigenvalue weighted by atomic mass is 9.89. The van der Waals surface area contributed by atoms with Crippen LogP contribution in [-0.4, -0.2) is 42.0 Å². The van der Waals surface area contributed by atoms with E-state index in [9.17, 15) is 4.79 Å². The summed E-state index contributed by atoms with van der Waals surface area (Å²) in [4.78, 5) is 22.6. The fraction of sp³-hybridized carbons (Fsp3) is 0.304. The summed E-state index contributed by atoms with van der Waals surface area (Å²) < 4.78 is 0. The van der Waals surface area contributed by atoms with Crippen LogP contribution in [0.15, 0.2) is 54.6 Å². The quantitative estimate of drug-likeness (QED) is 0.661. The van der Waals surface area contributed by atoms with Crippen LogP contribution >= 0.6 is 0 Å². The van der Waals surface area contributed by atoms with E-state index in [1.165, 1.54) is 11.1 Å². The molecule has 1 fully saturated rings. The van der Waals surface area contributed by atoms with Gasteiger partial charge in [-0.25, -0.2) is 4.98 Å². The van der Waals surface area contributed by atoms with Gasteiger partial charge in [0, 0.05) is 29.6 Å². The number of aryl methyl sites for hydroxylation is 1. The van der Waals surface area contributed by atoms with E-state index in [1.54, 1.807) is 0 Å². The number of nitrogens with zero attached hydrogens (tertiary/aromatic N) is 3. The largest absolute Gasteiger partial charge is 0.306 e. The normalized spacial score (nSPS) is 21.9. The van der Waals surface area contributed by atoms with Crippen LogP contribution in [0.2, 0.25) is 0 Å². The lowest BCUT2D eigenvalue weighted by Gasteiger charge is -2.36. The number of para-hydroxylation sites is 1. The number of rotatable bonds is 1. The van der Waals surface area contributed by atoms with Crippen LogP contribution in [0.1, 0.15) is 34.0 Å². The monoisotopic (exact) mass is 357 g/mol. The lowest BCUT2D eigenvalue weighted by molar-refractivity contribution is 0.0960. The van der Waals surface area contributed by atoms with E-state index in [-0.39, 0.29) is 11.9 Å². The van der Waals surface area contributed by atoms with Crippen molar-refractivity contribution in [2.45, 2.75) is 25.3 Å². The average molecular weight is 357 g/mol. The van der Waals surface area contributed by atoms with Gasteiger partial charge in [0.15, 0.2) is 0 Å². The molecule has 3 heterocycles. The predicted octanol–water partition coefficient (Wildman–Crippen LogP) is 3.99. The summed E-state index contributed by atoms with van der Waals surface area (Å²) in [5.74, 6) is 0.394. The van der Waals surface area contributed by atoms with Crippen molar-refractivity contribution in [1.82, 2.24) is 9.88 Å². The highest BCUT2D eigenvalue weighted by atomic mass is 16.2. The highest BCUT2D eigenvalue weighted by Crippen LogP contribution is 2.45. The van der Waals surface area contributed by atoms with Crippen molar-refractivity contribution in [2.75, 3.05) is 25.0 Å². The second-order valence-corrected chi connectivity index (χ2v) is 7.85. The van der Waals surface area contributed by atoms with Crippen LogP contribution in [0.5, 0.6) is 0 Å². The minimum atomic E-state index is 0.0166. The lowest BCUT2D eigenvalue weighted by Crippen LogP contribution is -2.47. The summed E-state index contributed by atoms with van der Waals surface area (Å²) in [5.41, 5.74) is 5.01. The van der Waals surface area contributed by atoms with Crippen molar-refractivity contribution < 1.29 is 4.79 Å². The first-order chi connectivity index (χ1) is 13.1. The van der Waals surface area contributed by atoms with Gasteiger partial charge in [-0.15, -0.1) is 0 Å². The number of likely N-dealkylation sites (tertiary alicyclic amines) is 1. The number of fused-ring (bicyclic) bond motifs is 4. The second kappa shape index (κ2) is 6.17. The standard InChI is InChI=1S/C23H23N3O/c1-15-7-10-21-17(13-15)18-14-25(2)12-11-22(18)26(21)23(27)20-9-8-16-5-3-4-6-19(16)24-20/h3-10,13,18,22H,11-12,14H2,1-2H3/t18-,22+/m1/s1. The molecule has 0 bridgehead atoms. The molecule has 1 saturated heterocycles. The first-order valence-corrected chi connectivity index (χ1v) is 9.60. The highest BCUT2D eigenvalue weighted by Gasteiger charge is 2.44. The van der Waals surface area contributed by atoms with Gasteiger partial charge in [0.2, 0.25) is 0 Å². The van der Waals surface area contributed by atoms with E-state index in [1.807, 2.05) is 41.3 Å². The molecule has 0 spiro atoms. The summed E-state index contributed by atoms with van der Waals surface area (Å²) in [5, 5.41) is 1.06. The highest BCUT2D eigenvalue weighted by molar-refractivity contribution is 6.07. The maximum absolute atomic E-state index is 13.5. The van der Waals surface area contributed by atoms with E-state index in [0.717, 1.165) is 36.1 Å². The first-order valence-electron chi connectivity index (χ1n) is 9.60. The van der Waals surface area contributed by atoms with Crippen molar-refractivity contribution in [3.05, 3.63) is 71.4 Å². The molecule has 4 heteroatoms. The summed E-state index contributed by atoms with van der Waals surface area (Å²) in [6.07, 6.45) is 0.994. The van der Waals surface area contributed by atoms with E-state index in [0.29, 0.717) is 11.6 Å². The Hall–Kier alpha value is -2.72. The Labute approximate surface area is 159 Å². The molecule has 5 rings (SSSR count). The van der Waals surface area contributed by atoms with Gasteiger partial charge < -0.3 is 9.80 Å². The van der Waals surface area contributed by atoms with Gasteiger partial charge in [-0.05, 0) is 50.7 Å². The van der Waals surface area contributed by atoms with Gasteiger partial charge in [0.05, 0.1) is 5.52 Å². The van der Waals surface area contributed by atoms with E-state index in [2.05, 4.69) is 42.1 Å². The number of carbonyl (C=O) groups excluding carboxylic acids is 1. The molecule has 0 radical (unpaired) electrons. The summed E-state index contributed by atoms with van der Waals surface area (Å²) in [7, 11) is 2.17. The van der Waals surface area contributed by atoms with Crippen LogP contribution in [0.3, 0.4) is 0 Å². The van der Waals surface area contributed by atoms with Crippen molar-refractivity contribution in [3.63, 3.8) is 0 Å². The zero-order chi connectivity index (χ0) is 18.5. The number of anilines is 1. The molecule has 0 unspecified atom stereocenters. The number of aromatic nitrogens is 1. The maximum atomic E-state index is 13.5. The van der Waals surface area contributed by atoms with Crippen LogP contribution < -0.4 is 4.90 Å². The number of likely N-dealkylation sites (N-methyl/N-ethyl adjacent to an activating group) is 1.